The molecule has 0 saturated carbocycles. The molecule has 1 aliphatic heterocycles. The number of carbonyl (C=O) groups excluding carboxylic acids is 1. The molecule has 6 rings (SSSR count). The van der Waals surface area contributed by atoms with Gasteiger partial charge in [0.2, 0.25) is 0 Å². The first-order valence-electron chi connectivity index (χ1n) is 15.2. The van der Waals surface area contributed by atoms with Crippen LogP contribution < -0.4 is 15.4 Å². The number of amides is 2. The SMILES string of the molecule is C[C@@H]1[C@H](Cn2cnc(Cl)c2Cl)O[C@H](c2ccc(CNC(=O)Nc3ccc(Oc4ccccc4)cc3)cc2)O[C@@H]1c1ccc(CO)cc1. The average molecular weight is 674 g/mol. The normalized spacial score (nSPS) is 19.2. The molecule has 0 unspecified atom stereocenters. The first-order valence-corrected chi connectivity index (χ1v) is 16.0. The van der Waals surface area contributed by atoms with E-state index in [1.54, 1.807) is 35.2 Å². The molecule has 1 aromatic heterocycles. The van der Waals surface area contributed by atoms with E-state index in [-0.39, 0.29) is 35.9 Å². The number of hydrogen-bond donors (Lipinski definition) is 3. The van der Waals surface area contributed by atoms with Crippen LogP contribution in [0.15, 0.2) is 109 Å². The molecule has 0 spiro atoms. The number of carbonyl (C=O) groups is 1. The molecule has 47 heavy (non-hydrogen) atoms. The summed E-state index contributed by atoms with van der Waals surface area (Å²) in [5, 5.41) is 15.8. The van der Waals surface area contributed by atoms with E-state index in [9.17, 15) is 9.90 Å². The number of urea groups is 1. The van der Waals surface area contributed by atoms with Crippen molar-refractivity contribution in [3.8, 4) is 11.5 Å². The highest BCUT2D eigenvalue weighted by Gasteiger charge is 2.38. The Labute approximate surface area is 283 Å². The van der Waals surface area contributed by atoms with Gasteiger partial charge in [0.1, 0.15) is 16.7 Å². The monoisotopic (exact) mass is 672 g/mol. The van der Waals surface area contributed by atoms with Gasteiger partial charge in [-0.25, -0.2) is 9.78 Å². The maximum absolute atomic E-state index is 12.6. The van der Waals surface area contributed by atoms with Gasteiger partial charge in [-0.2, -0.15) is 0 Å². The van der Waals surface area contributed by atoms with Crippen LogP contribution in [-0.4, -0.2) is 26.8 Å². The number of nitrogens with zero attached hydrogens (tertiary/aromatic N) is 2. The van der Waals surface area contributed by atoms with Crippen LogP contribution in [0.4, 0.5) is 10.5 Å². The lowest BCUT2D eigenvalue weighted by Gasteiger charge is -2.41. The van der Waals surface area contributed by atoms with Gasteiger partial charge in [-0.3, -0.25) is 0 Å². The molecule has 11 heteroatoms. The number of ether oxygens (including phenoxy) is 3. The van der Waals surface area contributed by atoms with Crippen molar-refractivity contribution in [2.75, 3.05) is 5.32 Å². The molecule has 0 bridgehead atoms. The smallest absolute Gasteiger partial charge is 0.319 e. The summed E-state index contributed by atoms with van der Waals surface area (Å²) >= 11 is 12.5. The highest BCUT2D eigenvalue weighted by Crippen LogP contribution is 2.42. The van der Waals surface area contributed by atoms with E-state index in [0.29, 0.717) is 29.7 Å². The zero-order chi connectivity index (χ0) is 32.8. The molecule has 1 fully saturated rings. The number of anilines is 1. The minimum atomic E-state index is -0.657. The van der Waals surface area contributed by atoms with Crippen molar-refractivity contribution in [3.05, 3.63) is 142 Å². The highest BCUT2D eigenvalue weighted by atomic mass is 35.5. The number of benzene rings is 4. The van der Waals surface area contributed by atoms with Crippen molar-refractivity contribution in [1.29, 1.82) is 0 Å². The zero-order valence-corrected chi connectivity index (χ0v) is 27.1. The molecule has 4 atom stereocenters. The van der Waals surface area contributed by atoms with Crippen LogP contribution in [-0.2, 0) is 29.2 Å². The van der Waals surface area contributed by atoms with Gasteiger partial charge in [0, 0.05) is 23.7 Å². The maximum atomic E-state index is 12.6. The van der Waals surface area contributed by atoms with E-state index in [1.807, 2.05) is 78.9 Å². The van der Waals surface area contributed by atoms with Crippen LogP contribution in [0.25, 0.3) is 0 Å². The van der Waals surface area contributed by atoms with Crippen molar-refractivity contribution in [2.24, 2.45) is 5.92 Å². The lowest BCUT2D eigenvalue weighted by molar-refractivity contribution is -0.276. The van der Waals surface area contributed by atoms with E-state index in [2.05, 4.69) is 22.5 Å². The summed E-state index contributed by atoms with van der Waals surface area (Å²) in [5.74, 6) is 1.37. The summed E-state index contributed by atoms with van der Waals surface area (Å²) in [4.78, 5) is 16.7. The first-order chi connectivity index (χ1) is 22.9. The molecule has 3 N–H and O–H groups in total. The molecule has 4 aromatic carbocycles. The third-order valence-electron chi connectivity index (χ3n) is 8.03. The topological polar surface area (TPSA) is 107 Å². The Morgan fingerprint density at radius 2 is 1.53 bits per heavy atom. The summed E-state index contributed by atoms with van der Waals surface area (Å²) in [6.45, 7) is 2.80. The summed E-state index contributed by atoms with van der Waals surface area (Å²) in [6, 6.07) is 31.8. The van der Waals surface area contributed by atoms with E-state index >= 15 is 0 Å². The van der Waals surface area contributed by atoms with Gasteiger partial charge in [0.05, 0.1) is 31.7 Å². The van der Waals surface area contributed by atoms with Gasteiger partial charge in [-0.1, -0.05) is 96.9 Å². The third kappa shape index (κ3) is 8.13. The number of nitrogens with one attached hydrogen (secondary N) is 2. The minimum Gasteiger partial charge on any atom is -0.457 e. The van der Waals surface area contributed by atoms with Crippen molar-refractivity contribution < 1.29 is 24.1 Å². The Morgan fingerprint density at radius 3 is 2.19 bits per heavy atom. The summed E-state index contributed by atoms with van der Waals surface area (Å²) in [7, 11) is 0. The van der Waals surface area contributed by atoms with E-state index < -0.39 is 6.29 Å². The number of aromatic nitrogens is 2. The molecule has 2 heterocycles. The van der Waals surface area contributed by atoms with Crippen molar-refractivity contribution >= 4 is 34.9 Å². The minimum absolute atomic E-state index is 0.0316. The summed E-state index contributed by atoms with van der Waals surface area (Å²) < 4.78 is 20.6. The van der Waals surface area contributed by atoms with Crippen LogP contribution in [0.1, 0.15) is 41.6 Å². The number of rotatable bonds is 10. The van der Waals surface area contributed by atoms with Crippen molar-refractivity contribution in [2.45, 2.75) is 45.1 Å². The number of imidazole rings is 1. The lowest BCUT2D eigenvalue weighted by Crippen LogP contribution is -2.39. The lowest BCUT2D eigenvalue weighted by atomic mass is 9.90. The molecule has 1 aliphatic rings. The largest absolute Gasteiger partial charge is 0.457 e. The van der Waals surface area contributed by atoms with Gasteiger partial charge in [0.15, 0.2) is 11.4 Å². The van der Waals surface area contributed by atoms with Crippen LogP contribution in [0.5, 0.6) is 11.5 Å². The van der Waals surface area contributed by atoms with Gasteiger partial charge in [-0.05, 0) is 53.1 Å². The summed E-state index contributed by atoms with van der Waals surface area (Å²) in [5.41, 5.74) is 4.19. The number of aliphatic hydroxyl groups is 1. The fourth-order valence-corrected chi connectivity index (χ4v) is 5.69. The van der Waals surface area contributed by atoms with Gasteiger partial charge in [-0.15, -0.1) is 0 Å². The molecule has 0 radical (unpaired) electrons. The standard InChI is InChI=1S/C36H34Cl2N4O5/c1-23-31(20-42-22-40-33(37)34(42)38)46-35(47-32(23)26-11-9-25(21-43)10-12-26)27-13-7-24(8-14-27)19-39-36(44)41-28-15-17-30(18-16-28)45-29-5-3-2-4-6-29/h2-18,22-23,31-32,35,43H,19-21H2,1H3,(H2,39,41,44)/t23-,31+,32+,35+/m1/s1. The van der Waals surface area contributed by atoms with E-state index in [0.717, 1.165) is 28.0 Å². The van der Waals surface area contributed by atoms with Crippen molar-refractivity contribution in [1.82, 2.24) is 14.9 Å². The van der Waals surface area contributed by atoms with Crippen LogP contribution in [0, 0.1) is 5.92 Å². The van der Waals surface area contributed by atoms with Gasteiger partial charge < -0.3 is 34.5 Å². The fourth-order valence-electron chi connectivity index (χ4n) is 5.37. The second-order valence-electron chi connectivity index (χ2n) is 11.3. The average Bonchev–Trinajstić information content (AvgIpc) is 3.42. The Hall–Kier alpha value is -4.38. The molecule has 242 valence electrons. The van der Waals surface area contributed by atoms with E-state index in [4.69, 9.17) is 37.4 Å². The summed E-state index contributed by atoms with van der Waals surface area (Å²) in [6.07, 6.45) is 0.385. The second kappa shape index (κ2) is 15.0. The molecular weight excluding hydrogens is 639 g/mol. The van der Waals surface area contributed by atoms with Crippen LogP contribution in [0.3, 0.4) is 0 Å². The van der Waals surface area contributed by atoms with Crippen LogP contribution >= 0.6 is 23.2 Å². The molecule has 2 amide bonds. The molecule has 0 aliphatic carbocycles. The second-order valence-corrected chi connectivity index (χ2v) is 12.0. The predicted molar refractivity (Wildman–Crippen MR) is 180 cm³/mol. The third-order valence-corrected chi connectivity index (χ3v) is 8.80. The van der Waals surface area contributed by atoms with Gasteiger partial charge in [0.25, 0.3) is 0 Å². The maximum Gasteiger partial charge on any atom is 0.319 e. The Bertz CT molecular complexity index is 1770. The number of halogens is 2. The first kappa shape index (κ1) is 32.6. The van der Waals surface area contributed by atoms with Gasteiger partial charge >= 0.3 is 6.03 Å². The number of para-hydroxylation sites is 1. The number of hydrogen-bond acceptors (Lipinski definition) is 6. The Morgan fingerprint density at radius 1 is 0.872 bits per heavy atom. The fraction of sp³-hybridized carbons (Fsp3) is 0.222. The quantitative estimate of drug-likeness (QED) is 0.138. The molecule has 1 saturated heterocycles. The van der Waals surface area contributed by atoms with E-state index in [1.165, 1.54) is 0 Å². The predicted octanol–water partition coefficient (Wildman–Crippen LogP) is 8.29. The van der Waals surface area contributed by atoms with Crippen LogP contribution in [0.2, 0.25) is 10.3 Å². The number of aliphatic hydroxyl groups excluding tert-OH is 1. The highest BCUT2D eigenvalue weighted by molar-refractivity contribution is 6.40. The Kier molecular flexibility index (Phi) is 10.4. The zero-order valence-electron chi connectivity index (χ0n) is 25.6. The van der Waals surface area contributed by atoms with Crippen molar-refractivity contribution in [3.63, 3.8) is 0 Å². The molecule has 5 aromatic rings. The molecular formula is C36H34Cl2N4O5. The Balaban J connectivity index is 1.08. The molecule has 9 nitrogen and oxygen atoms in total.